The first-order valence-corrected chi connectivity index (χ1v) is 10.8. The second-order valence-corrected chi connectivity index (χ2v) is 9.11. The summed E-state index contributed by atoms with van der Waals surface area (Å²) in [5.41, 5.74) is 0.156. The van der Waals surface area contributed by atoms with Gasteiger partial charge in [-0.25, -0.2) is 0 Å². The van der Waals surface area contributed by atoms with E-state index in [0.717, 1.165) is 23.1 Å². The lowest BCUT2D eigenvalue weighted by Gasteiger charge is -2.47. The van der Waals surface area contributed by atoms with Crippen LogP contribution in [0.15, 0.2) is 54.1 Å². The molecule has 2 aliphatic carbocycles. The number of halogens is 2. The summed E-state index contributed by atoms with van der Waals surface area (Å²) < 4.78 is 0. The van der Waals surface area contributed by atoms with Gasteiger partial charge < -0.3 is 10.2 Å². The normalized spacial score (nSPS) is 30.3. The van der Waals surface area contributed by atoms with Crippen molar-refractivity contribution in [1.82, 2.24) is 0 Å². The van der Waals surface area contributed by atoms with Crippen LogP contribution in [0.5, 0.6) is 0 Å². The molecule has 3 atom stereocenters. The third-order valence-electron chi connectivity index (χ3n) is 6.81. The van der Waals surface area contributed by atoms with E-state index in [2.05, 4.69) is 0 Å². The molecule has 0 saturated heterocycles. The standard InChI is InChI=1S/C24H24Cl2O3/c25-20-9-8-17(21(26)15-20)14-19-10-12-23(22(27)28)11-4-7-18(24(19,23)29)13-16-5-2-1-3-6-16/h1-3,5-6,8-9,13,15,19,29H,4,7,10-12,14H2,(H,27,28)/b18-13+/t19-,23+,24+/m1/s1. The maximum atomic E-state index is 12.4. The third kappa shape index (κ3) is 3.39. The molecule has 2 aliphatic rings. The number of benzene rings is 2. The molecule has 2 aromatic carbocycles. The Morgan fingerprint density at radius 1 is 1.14 bits per heavy atom. The lowest BCUT2D eigenvalue weighted by molar-refractivity contribution is -0.167. The van der Waals surface area contributed by atoms with E-state index in [-0.39, 0.29) is 5.92 Å². The molecule has 0 heterocycles. The van der Waals surface area contributed by atoms with E-state index in [1.165, 1.54) is 0 Å². The molecule has 0 bridgehead atoms. The monoisotopic (exact) mass is 430 g/mol. The van der Waals surface area contributed by atoms with Gasteiger partial charge in [-0.3, -0.25) is 4.79 Å². The molecule has 0 amide bonds. The van der Waals surface area contributed by atoms with Crippen molar-refractivity contribution in [2.24, 2.45) is 11.3 Å². The molecule has 2 saturated carbocycles. The fraction of sp³-hybridized carbons (Fsp3) is 0.375. The van der Waals surface area contributed by atoms with E-state index >= 15 is 0 Å². The average molecular weight is 431 g/mol. The van der Waals surface area contributed by atoms with Crippen LogP contribution in [0.3, 0.4) is 0 Å². The first kappa shape index (κ1) is 20.5. The molecule has 2 N–H and O–H groups in total. The van der Waals surface area contributed by atoms with Crippen molar-refractivity contribution in [3.05, 3.63) is 75.3 Å². The number of rotatable bonds is 4. The summed E-state index contributed by atoms with van der Waals surface area (Å²) in [6.45, 7) is 0. The van der Waals surface area contributed by atoms with Gasteiger partial charge in [0.25, 0.3) is 0 Å². The van der Waals surface area contributed by atoms with E-state index in [4.69, 9.17) is 23.2 Å². The summed E-state index contributed by atoms with van der Waals surface area (Å²) in [4.78, 5) is 12.4. The predicted octanol–water partition coefficient (Wildman–Crippen LogP) is 6.02. The van der Waals surface area contributed by atoms with Crippen LogP contribution in [0, 0.1) is 11.3 Å². The molecule has 5 heteroatoms. The molecule has 152 valence electrons. The van der Waals surface area contributed by atoms with Crippen LogP contribution in [0.4, 0.5) is 0 Å². The Hall–Kier alpha value is -1.81. The number of carboxylic acids is 1. The van der Waals surface area contributed by atoms with Crippen LogP contribution >= 0.6 is 23.2 Å². The van der Waals surface area contributed by atoms with E-state index in [1.807, 2.05) is 42.5 Å². The van der Waals surface area contributed by atoms with Gasteiger partial charge in [-0.05, 0) is 73.3 Å². The van der Waals surface area contributed by atoms with Gasteiger partial charge in [0.05, 0.1) is 0 Å². The third-order valence-corrected chi connectivity index (χ3v) is 7.40. The van der Waals surface area contributed by atoms with Crippen LogP contribution in [-0.2, 0) is 11.2 Å². The summed E-state index contributed by atoms with van der Waals surface area (Å²) in [6, 6.07) is 15.2. The zero-order chi connectivity index (χ0) is 20.6. The highest BCUT2D eigenvalue weighted by Crippen LogP contribution is 2.61. The van der Waals surface area contributed by atoms with Crippen molar-refractivity contribution in [3.8, 4) is 0 Å². The first-order valence-electron chi connectivity index (χ1n) is 10.0. The summed E-state index contributed by atoms with van der Waals surface area (Å²) in [5.74, 6) is -1.11. The van der Waals surface area contributed by atoms with Crippen LogP contribution in [0.25, 0.3) is 6.08 Å². The lowest BCUT2D eigenvalue weighted by Crippen LogP contribution is -2.56. The van der Waals surface area contributed by atoms with E-state index in [9.17, 15) is 15.0 Å². The van der Waals surface area contributed by atoms with Gasteiger partial charge in [-0.2, -0.15) is 0 Å². The molecule has 0 aliphatic heterocycles. The molecule has 4 rings (SSSR count). The Morgan fingerprint density at radius 3 is 2.59 bits per heavy atom. The van der Waals surface area contributed by atoms with Crippen molar-refractivity contribution in [2.75, 3.05) is 0 Å². The maximum Gasteiger partial charge on any atom is 0.312 e. The van der Waals surface area contributed by atoms with Gasteiger partial charge in [-0.15, -0.1) is 0 Å². The fourth-order valence-corrected chi connectivity index (χ4v) is 5.86. The van der Waals surface area contributed by atoms with Crippen LogP contribution < -0.4 is 0 Å². The predicted molar refractivity (Wildman–Crippen MR) is 116 cm³/mol. The van der Waals surface area contributed by atoms with Gasteiger partial charge in [-0.1, -0.05) is 65.7 Å². The zero-order valence-corrected chi connectivity index (χ0v) is 17.6. The fourth-order valence-electron chi connectivity index (χ4n) is 5.38. The minimum atomic E-state index is -1.39. The van der Waals surface area contributed by atoms with Gasteiger partial charge >= 0.3 is 5.97 Å². The number of aliphatic hydroxyl groups is 1. The summed E-state index contributed by atoms with van der Waals surface area (Å²) >= 11 is 12.4. The second kappa shape index (κ2) is 7.79. The van der Waals surface area contributed by atoms with Crippen molar-refractivity contribution in [3.63, 3.8) is 0 Å². The largest absolute Gasteiger partial charge is 0.481 e. The maximum absolute atomic E-state index is 12.4. The summed E-state index contributed by atoms with van der Waals surface area (Å²) in [6.07, 6.45) is 5.59. The molecule has 0 spiro atoms. The summed E-state index contributed by atoms with van der Waals surface area (Å²) in [7, 11) is 0. The van der Waals surface area contributed by atoms with Crippen LogP contribution in [0.1, 0.15) is 43.2 Å². The zero-order valence-electron chi connectivity index (χ0n) is 16.1. The lowest BCUT2D eigenvalue weighted by atomic mass is 9.59. The molecule has 2 fully saturated rings. The van der Waals surface area contributed by atoms with Crippen molar-refractivity contribution in [1.29, 1.82) is 0 Å². The van der Waals surface area contributed by atoms with Crippen molar-refractivity contribution >= 4 is 35.2 Å². The Balaban J connectivity index is 1.78. The minimum absolute atomic E-state index is 0.215. The average Bonchev–Trinajstić information content (AvgIpc) is 3.00. The Kier molecular flexibility index (Phi) is 5.50. The van der Waals surface area contributed by atoms with E-state index < -0.39 is 17.0 Å². The highest BCUT2D eigenvalue weighted by Gasteiger charge is 2.66. The van der Waals surface area contributed by atoms with Gasteiger partial charge in [0.1, 0.15) is 11.0 Å². The van der Waals surface area contributed by atoms with Gasteiger partial charge in [0.2, 0.25) is 0 Å². The summed E-state index contributed by atoms with van der Waals surface area (Å²) in [5, 5.41) is 23.4. The first-order chi connectivity index (χ1) is 13.9. The Labute approximate surface area is 181 Å². The molecule has 3 nitrogen and oxygen atoms in total. The van der Waals surface area contributed by atoms with E-state index in [1.54, 1.807) is 12.1 Å². The number of carboxylic acid groups (broad SMARTS) is 1. The van der Waals surface area contributed by atoms with Crippen LogP contribution in [-0.4, -0.2) is 21.8 Å². The number of hydrogen-bond acceptors (Lipinski definition) is 2. The topological polar surface area (TPSA) is 57.5 Å². The SMILES string of the molecule is O=C(O)[C@@]12CCC/C(=C\c3ccccc3)[C@]1(O)[C@@H](Cc1ccc(Cl)cc1Cl)CC2. The molecule has 0 unspecified atom stereocenters. The molecular formula is C24H24Cl2O3. The minimum Gasteiger partial charge on any atom is -0.481 e. The quantitative estimate of drug-likeness (QED) is 0.623. The van der Waals surface area contributed by atoms with E-state index in [0.29, 0.717) is 42.1 Å². The molecule has 29 heavy (non-hydrogen) atoms. The molecule has 2 aromatic rings. The van der Waals surface area contributed by atoms with Gasteiger partial charge in [0, 0.05) is 10.0 Å². The van der Waals surface area contributed by atoms with Crippen molar-refractivity contribution in [2.45, 2.75) is 44.1 Å². The molecular weight excluding hydrogens is 407 g/mol. The molecule has 0 radical (unpaired) electrons. The number of hydrogen-bond donors (Lipinski definition) is 2. The van der Waals surface area contributed by atoms with Gasteiger partial charge in [0.15, 0.2) is 0 Å². The highest BCUT2D eigenvalue weighted by atomic mass is 35.5. The number of fused-ring (bicyclic) bond motifs is 1. The Morgan fingerprint density at radius 2 is 1.90 bits per heavy atom. The second-order valence-electron chi connectivity index (χ2n) is 8.26. The van der Waals surface area contributed by atoms with Crippen molar-refractivity contribution < 1.29 is 15.0 Å². The molecule has 0 aromatic heterocycles. The smallest absolute Gasteiger partial charge is 0.312 e. The van der Waals surface area contributed by atoms with Crippen LogP contribution in [0.2, 0.25) is 10.0 Å². The highest BCUT2D eigenvalue weighted by molar-refractivity contribution is 6.35. The number of carbonyl (C=O) groups is 1. The number of aliphatic carboxylic acids is 1. The Bertz CT molecular complexity index is 956.